The van der Waals surface area contributed by atoms with Crippen molar-refractivity contribution in [2.24, 2.45) is 5.92 Å². The number of anilines is 2. The molecule has 0 radical (unpaired) electrons. The Morgan fingerprint density at radius 3 is 2.37 bits per heavy atom. The van der Waals surface area contributed by atoms with E-state index in [0.717, 1.165) is 0 Å². The Balaban J connectivity index is 0.00000261. The number of hydrogen-bond acceptors (Lipinski definition) is 4. The molecule has 27 heavy (non-hydrogen) atoms. The molecule has 144 valence electrons. The van der Waals surface area contributed by atoms with Crippen molar-refractivity contribution in [3.8, 4) is 5.75 Å². The molecule has 0 bridgehead atoms. The molecule has 0 spiro atoms. The van der Waals surface area contributed by atoms with Gasteiger partial charge in [0.1, 0.15) is 5.75 Å². The van der Waals surface area contributed by atoms with Crippen molar-refractivity contribution in [2.75, 3.05) is 31.2 Å². The van der Waals surface area contributed by atoms with Crippen LogP contribution in [0.4, 0.5) is 11.4 Å². The highest BCUT2D eigenvalue weighted by molar-refractivity contribution is 5.99. The average Bonchev–Trinajstić information content (AvgIpc) is 2.68. The number of nitrogens with one attached hydrogen (secondary N) is 1. The number of halogens is 1. The highest BCUT2D eigenvalue weighted by atomic mass is 35.5. The van der Waals surface area contributed by atoms with E-state index >= 15 is 0 Å². The fourth-order valence-corrected chi connectivity index (χ4v) is 3.19. The third kappa shape index (κ3) is 4.71. The molecule has 0 aromatic heterocycles. The fraction of sp³-hybridized carbons (Fsp3) is 0.300. The molecule has 0 unspecified atom stereocenters. The van der Waals surface area contributed by atoms with Gasteiger partial charge in [0.15, 0.2) is 0 Å². The maximum Gasteiger partial charge on any atom is 0.255 e. The predicted molar refractivity (Wildman–Crippen MR) is 108 cm³/mol. The molecular weight excluding hydrogens is 366 g/mol. The Kier molecular flexibility index (Phi) is 7.07. The third-order valence-corrected chi connectivity index (χ3v) is 4.71. The summed E-state index contributed by atoms with van der Waals surface area (Å²) >= 11 is 0. The number of piperidine rings is 1. The van der Waals surface area contributed by atoms with Crippen molar-refractivity contribution in [2.45, 2.75) is 12.8 Å². The van der Waals surface area contributed by atoms with Crippen LogP contribution in [0.15, 0.2) is 48.5 Å². The van der Waals surface area contributed by atoms with E-state index in [0.29, 0.717) is 48.6 Å². The highest BCUT2D eigenvalue weighted by Gasteiger charge is 2.28. The zero-order valence-corrected chi connectivity index (χ0v) is 16.0. The second kappa shape index (κ2) is 9.28. The van der Waals surface area contributed by atoms with Gasteiger partial charge in [-0.15, -0.1) is 12.4 Å². The highest BCUT2D eigenvalue weighted by Crippen LogP contribution is 2.26. The van der Waals surface area contributed by atoms with Crippen molar-refractivity contribution >= 4 is 35.6 Å². The number of ether oxygens (including phenoxy) is 1. The van der Waals surface area contributed by atoms with Crippen molar-refractivity contribution in [1.82, 2.24) is 4.90 Å². The molecule has 2 aromatic rings. The molecule has 2 amide bonds. The number of likely N-dealkylation sites (tertiary alicyclic amines) is 1. The number of hydrogen-bond donors (Lipinski definition) is 2. The number of benzene rings is 2. The van der Waals surface area contributed by atoms with E-state index in [9.17, 15) is 9.59 Å². The van der Waals surface area contributed by atoms with E-state index in [-0.39, 0.29) is 30.1 Å². The number of nitrogen functional groups attached to an aromatic ring is 1. The van der Waals surface area contributed by atoms with Gasteiger partial charge < -0.3 is 20.7 Å². The summed E-state index contributed by atoms with van der Waals surface area (Å²) < 4.78 is 5.26. The predicted octanol–water partition coefficient (Wildman–Crippen LogP) is 3.19. The first kappa shape index (κ1) is 20.6. The lowest BCUT2D eigenvalue weighted by molar-refractivity contribution is -0.121. The molecule has 6 nitrogen and oxygen atoms in total. The average molecular weight is 390 g/mol. The summed E-state index contributed by atoms with van der Waals surface area (Å²) in [6, 6.07) is 14.4. The lowest BCUT2D eigenvalue weighted by Crippen LogP contribution is -2.41. The van der Waals surface area contributed by atoms with E-state index in [4.69, 9.17) is 10.5 Å². The van der Waals surface area contributed by atoms with Gasteiger partial charge in [-0.05, 0) is 37.1 Å². The van der Waals surface area contributed by atoms with Crippen LogP contribution in [0.1, 0.15) is 23.2 Å². The molecule has 0 saturated carbocycles. The van der Waals surface area contributed by atoms with Crippen LogP contribution in [-0.2, 0) is 4.79 Å². The second-order valence-electron chi connectivity index (χ2n) is 6.34. The van der Waals surface area contributed by atoms with Crippen LogP contribution >= 0.6 is 12.4 Å². The van der Waals surface area contributed by atoms with Crippen LogP contribution in [0, 0.1) is 5.92 Å². The first-order valence-corrected chi connectivity index (χ1v) is 8.68. The molecule has 3 N–H and O–H groups in total. The van der Waals surface area contributed by atoms with Crippen molar-refractivity contribution in [3.05, 3.63) is 54.1 Å². The summed E-state index contributed by atoms with van der Waals surface area (Å²) in [5.74, 6) is 0.387. The largest absolute Gasteiger partial charge is 0.495 e. The van der Waals surface area contributed by atoms with Crippen LogP contribution < -0.4 is 15.8 Å². The first-order chi connectivity index (χ1) is 12.6. The van der Waals surface area contributed by atoms with Gasteiger partial charge in [-0.25, -0.2) is 0 Å². The van der Waals surface area contributed by atoms with Gasteiger partial charge in [-0.1, -0.05) is 24.3 Å². The number of amides is 2. The standard InChI is InChI=1S/C20H23N3O3.ClH/c1-26-18-9-5-4-8-17(18)22-19(24)14-10-12-23(13-11-14)20(25)15-6-2-3-7-16(15)21;/h2-9,14H,10-13,21H2,1H3,(H,22,24);1H. The topological polar surface area (TPSA) is 84.7 Å². The van der Waals surface area contributed by atoms with Crippen LogP contribution in [0.3, 0.4) is 0 Å². The normalized spacial score (nSPS) is 14.2. The molecule has 1 aliphatic heterocycles. The summed E-state index contributed by atoms with van der Waals surface area (Å²) in [6.07, 6.45) is 1.25. The summed E-state index contributed by atoms with van der Waals surface area (Å²) in [5.41, 5.74) is 7.55. The van der Waals surface area contributed by atoms with Gasteiger partial charge in [-0.2, -0.15) is 0 Å². The van der Waals surface area contributed by atoms with Crippen LogP contribution in [-0.4, -0.2) is 36.9 Å². The van der Waals surface area contributed by atoms with E-state index in [2.05, 4.69) is 5.32 Å². The molecular formula is C20H24ClN3O3. The SMILES string of the molecule is COc1ccccc1NC(=O)C1CCN(C(=O)c2ccccc2N)CC1.Cl. The Morgan fingerprint density at radius 1 is 1.07 bits per heavy atom. The maximum absolute atomic E-state index is 12.6. The number of methoxy groups -OCH3 is 1. The number of carbonyl (C=O) groups is 2. The lowest BCUT2D eigenvalue weighted by atomic mass is 9.95. The quantitative estimate of drug-likeness (QED) is 0.786. The van der Waals surface area contributed by atoms with Crippen molar-refractivity contribution in [1.29, 1.82) is 0 Å². The van der Waals surface area contributed by atoms with Crippen LogP contribution in [0.5, 0.6) is 5.75 Å². The van der Waals surface area contributed by atoms with Gasteiger partial charge in [0.05, 0.1) is 18.4 Å². The lowest BCUT2D eigenvalue weighted by Gasteiger charge is -2.31. The van der Waals surface area contributed by atoms with Gasteiger partial charge in [0.2, 0.25) is 5.91 Å². The first-order valence-electron chi connectivity index (χ1n) is 8.68. The monoisotopic (exact) mass is 389 g/mol. The van der Waals surface area contributed by atoms with E-state index in [1.807, 2.05) is 18.2 Å². The molecule has 1 saturated heterocycles. The molecule has 3 rings (SSSR count). The summed E-state index contributed by atoms with van der Waals surface area (Å²) in [4.78, 5) is 26.9. The summed E-state index contributed by atoms with van der Waals surface area (Å²) in [5, 5.41) is 2.93. The Labute approximate surface area is 165 Å². The summed E-state index contributed by atoms with van der Waals surface area (Å²) in [7, 11) is 1.57. The number of carbonyl (C=O) groups excluding carboxylic acids is 2. The zero-order chi connectivity index (χ0) is 18.5. The number of nitrogens with zero attached hydrogens (tertiary/aromatic N) is 1. The van der Waals surface area contributed by atoms with Crippen LogP contribution in [0.2, 0.25) is 0 Å². The molecule has 1 aliphatic rings. The minimum atomic E-state index is -0.128. The molecule has 0 atom stereocenters. The van der Waals surface area contributed by atoms with Crippen molar-refractivity contribution in [3.63, 3.8) is 0 Å². The number of rotatable bonds is 4. The van der Waals surface area contributed by atoms with Crippen molar-refractivity contribution < 1.29 is 14.3 Å². The number of para-hydroxylation sites is 3. The van der Waals surface area contributed by atoms with E-state index < -0.39 is 0 Å². The van der Waals surface area contributed by atoms with E-state index in [1.165, 1.54) is 0 Å². The Bertz CT molecular complexity index is 805. The zero-order valence-electron chi connectivity index (χ0n) is 15.2. The Morgan fingerprint density at radius 2 is 1.70 bits per heavy atom. The summed E-state index contributed by atoms with van der Waals surface area (Å²) in [6.45, 7) is 1.08. The third-order valence-electron chi connectivity index (χ3n) is 4.71. The molecule has 2 aromatic carbocycles. The minimum absolute atomic E-state index is 0. The van der Waals surface area contributed by atoms with Gasteiger partial charge in [0, 0.05) is 24.7 Å². The van der Waals surface area contributed by atoms with Crippen LogP contribution in [0.25, 0.3) is 0 Å². The molecule has 0 aliphatic carbocycles. The second-order valence-corrected chi connectivity index (χ2v) is 6.34. The smallest absolute Gasteiger partial charge is 0.255 e. The molecule has 1 fully saturated rings. The van der Waals surface area contributed by atoms with Gasteiger partial charge >= 0.3 is 0 Å². The fourth-order valence-electron chi connectivity index (χ4n) is 3.19. The maximum atomic E-state index is 12.6. The minimum Gasteiger partial charge on any atom is -0.495 e. The Hall–Kier alpha value is -2.73. The molecule has 7 heteroatoms. The van der Waals surface area contributed by atoms with Gasteiger partial charge in [-0.3, -0.25) is 9.59 Å². The molecule has 1 heterocycles. The number of nitrogens with two attached hydrogens (primary N) is 1. The van der Waals surface area contributed by atoms with E-state index in [1.54, 1.807) is 42.3 Å². The van der Waals surface area contributed by atoms with Gasteiger partial charge in [0.25, 0.3) is 5.91 Å².